The third kappa shape index (κ3) is 2.97. The van der Waals surface area contributed by atoms with Crippen molar-refractivity contribution in [3.05, 3.63) is 29.8 Å². The summed E-state index contributed by atoms with van der Waals surface area (Å²) in [4.78, 5) is 10.6. The second-order valence-electron chi connectivity index (χ2n) is 5.94. The number of carbonyl (C=O) groups is 1. The van der Waals surface area contributed by atoms with E-state index in [0.29, 0.717) is 0 Å². The van der Waals surface area contributed by atoms with E-state index >= 15 is 0 Å². The van der Waals surface area contributed by atoms with Gasteiger partial charge in [-0.3, -0.25) is 0 Å². The third-order valence-corrected chi connectivity index (χ3v) is 3.89. The van der Waals surface area contributed by atoms with Crippen LogP contribution in [0.3, 0.4) is 0 Å². The van der Waals surface area contributed by atoms with E-state index in [9.17, 15) is 4.79 Å². The quantitative estimate of drug-likeness (QED) is 0.851. The number of primary amides is 1. The van der Waals surface area contributed by atoms with Crippen LogP contribution in [-0.4, -0.2) is 24.4 Å². The van der Waals surface area contributed by atoms with Crippen LogP contribution in [0.1, 0.15) is 33.3 Å². The fourth-order valence-corrected chi connectivity index (χ4v) is 1.90. The molecule has 108 valence electrons. The van der Waals surface area contributed by atoms with Gasteiger partial charge in [-0.25, -0.2) is 4.79 Å². The van der Waals surface area contributed by atoms with Crippen molar-refractivity contribution in [2.24, 2.45) is 5.73 Å². The molecule has 0 radical (unpaired) electrons. The van der Waals surface area contributed by atoms with E-state index in [1.54, 1.807) is 0 Å². The first kappa shape index (κ1) is 14.9. The molecule has 1 aliphatic heterocycles. The van der Waals surface area contributed by atoms with Gasteiger partial charge in [-0.15, -0.1) is 0 Å². The highest BCUT2D eigenvalue weighted by Crippen LogP contribution is 2.36. The lowest BCUT2D eigenvalue weighted by molar-refractivity contribution is 0.00578. The number of ether oxygens (including phenoxy) is 1. The van der Waals surface area contributed by atoms with Gasteiger partial charge in [-0.05, 0) is 38.7 Å². The van der Waals surface area contributed by atoms with Gasteiger partial charge in [-0.1, -0.05) is 24.3 Å². The number of carbonyl (C=O) groups excluding carboxylic acids is 1. The Balaban J connectivity index is 2.06. The molecule has 1 aliphatic rings. The van der Waals surface area contributed by atoms with Crippen molar-refractivity contribution in [1.82, 2.24) is 0 Å². The van der Waals surface area contributed by atoms with Crippen LogP contribution in [0.2, 0.25) is 0 Å². The maximum Gasteiger partial charge on any atom is 0.494 e. The predicted molar refractivity (Wildman–Crippen MR) is 76.5 cm³/mol. The Morgan fingerprint density at radius 2 is 1.65 bits per heavy atom. The molecule has 0 atom stereocenters. The summed E-state index contributed by atoms with van der Waals surface area (Å²) in [6.07, 6.45) is -0.778. The Labute approximate surface area is 119 Å². The summed E-state index contributed by atoms with van der Waals surface area (Å²) < 4.78 is 16.7. The molecule has 6 heteroatoms. The molecule has 0 unspecified atom stereocenters. The van der Waals surface area contributed by atoms with Crippen LogP contribution in [0.15, 0.2) is 24.3 Å². The molecule has 1 heterocycles. The Kier molecular flexibility index (Phi) is 3.80. The number of hydrogen-bond donors (Lipinski definition) is 1. The van der Waals surface area contributed by atoms with Gasteiger partial charge in [0.1, 0.15) is 6.61 Å². The maximum absolute atomic E-state index is 10.6. The van der Waals surface area contributed by atoms with Gasteiger partial charge in [0.25, 0.3) is 0 Å². The van der Waals surface area contributed by atoms with Crippen LogP contribution in [0.5, 0.6) is 0 Å². The summed E-state index contributed by atoms with van der Waals surface area (Å²) in [6.45, 7) is 8.23. The molecule has 2 rings (SSSR count). The molecule has 1 fully saturated rings. The van der Waals surface area contributed by atoms with Crippen molar-refractivity contribution in [3.63, 3.8) is 0 Å². The summed E-state index contributed by atoms with van der Waals surface area (Å²) in [5.41, 5.74) is 6.02. The second kappa shape index (κ2) is 5.11. The van der Waals surface area contributed by atoms with Gasteiger partial charge in [0.15, 0.2) is 0 Å². The Morgan fingerprint density at radius 3 is 2.10 bits per heavy atom. The van der Waals surface area contributed by atoms with Crippen molar-refractivity contribution in [2.45, 2.75) is 45.5 Å². The van der Waals surface area contributed by atoms with Gasteiger partial charge in [0.2, 0.25) is 0 Å². The first-order chi connectivity index (χ1) is 9.21. The minimum atomic E-state index is -0.778. The van der Waals surface area contributed by atoms with Gasteiger partial charge >= 0.3 is 13.2 Å². The average molecular weight is 277 g/mol. The van der Waals surface area contributed by atoms with E-state index in [2.05, 4.69) is 0 Å². The average Bonchev–Trinajstić information content (AvgIpc) is 2.56. The molecule has 0 saturated carbocycles. The lowest BCUT2D eigenvalue weighted by Gasteiger charge is -2.32. The standard InChI is InChI=1S/C14H20BNO4/c1-13(2)14(3,4)20-15(19-13)11-7-5-10(6-8-11)9-18-12(16)17/h5-8H,9H2,1-4H3,(H2,16,17). The highest BCUT2D eigenvalue weighted by molar-refractivity contribution is 6.62. The van der Waals surface area contributed by atoms with E-state index < -0.39 is 6.09 Å². The monoisotopic (exact) mass is 277 g/mol. The van der Waals surface area contributed by atoms with Gasteiger partial charge in [-0.2, -0.15) is 0 Å². The predicted octanol–water partition coefficient (Wildman–Crippen LogP) is 1.58. The molecule has 0 aromatic heterocycles. The van der Waals surface area contributed by atoms with Crippen LogP contribution in [-0.2, 0) is 20.7 Å². The molecule has 5 nitrogen and oxygen atoms in total. The molecule has 20 heavy (non-hydrogen) atoms. The minimum absolute atomic E-state index is 0.166. The third-order valence-electron chi connectivity index (χ3n) is 3.89. The summed E-state index contributed by atoms with van der Waals surface area (Å²) in [7, 11) is -0.383. The number of amides is 1. The molecule has 0 aliphatic carbocycles. The highest BCUT2D eigenvalue weighted by Gasteiger charge is 2.51. The lowest BCUT2D eigenvalue weighted by Crippen LogP contribution is -2.41. The zero-order valence-electron chi connectivity index (χ0n) is 12.3. The van der Waals surface area contributed by atoms with Crippen LogP contribution in [0.25, 0.3) is 0 Å². The zero-order chi connectivity index (χ0) is 15.0. The fraction of sp³-hybridized carbons (Fsp3) is 0.500. The van der Waals surface area contributed by atoms with Gasteiger partial charge in [0, 0.05) is 0 Å². The number of rotatable bonds is 3. The highest BCUT2D eigenvalue weighted by atomic mass is 16.7. The lowest BCUT2D eigenvalue weighted by atomic mass is 9.79. The maximum atomic E-state index is 10.6. The molecule has 1 amide bonds. The minimum Gasteiger partial charge on any atom is -0.445 e. The molecule has 2 N–H and O–H groups in total. The number of hydrogen-bond acceptors (Lipinski definition) is 4. The van der Waals surface area contributed by atoms with Gasteiger partial charge < -0.3 is 19.8 Å². The van der Waals surface area contributed by atoms with E-state index in [4.69, 9.17) is 19.8 Å². The first-order valence-corrected chi connectivity index (χ1v) is 6.58. The smallest absolute Gasteiger partial charge is 0.445 e. The van der Waals surface area contributed by atoms with E-state index in [1.807, 2.05) is 52.0 Å². The SMILES string of the molecule is CC1(C)OB(c2ccc(COC(N)=O)cc2)OC1(C)C. The number of nitrogens with two attached hydrogens (primary N) is 1. The first-order valence-electron chi connectivity index (χ1n) is 6.58. The topological polar surface area (TPSA) is 70.8 Å². The molecular weight excluding hydrogens is 257 g/mol. The van der Waals surface area contributed by atoms with E-state index in [1.165, 1.54) is 0 Å². The summed E-state index contributed by atoms with van der Waals surface area (Å²) in [5.74, 6) is 0. The number of benzene rings is 1. The summed E-state index contributed by atoms with van der Waals surface area (Å²) in [6, 6.07) is 7.54. The van der Waals surface area contributed by atoms with Crippen LogP contribution < -0.4 is 11.2 Å². The molecule has 0 bridgehead atoms. The van der Waals surface area contributed by atoms with E-state index in [-0.39, 0.29) is 24.9 Å². The molecule has 0 spiro atoms. The van der Waals surface area contributed by atoms with Crippen LogP contribution in [0.4, 0.5) is 4.79 Å². The molecule has 1 aromatic rings. The van der Waals surface area contributed by atoms with E-state index in [0.717, 1.165) is 11.0 Å². The zero-order valence-corrected chi connectivity index (χ0v) is 12.3. The van der Waals surface area contributed by atoms with Crippen molar-refractivity contribution in [3.8, 4) is 0 Å². The molecule has 1 saturated heterocycles. The van der Waals surface area contributed by atoms with Crippen LogP contribution in [0, 0.1) is 0 Å². The summed E-state index contributed by atoms with van der Waals surface area (Å²) >= 11 is 0. The van der Waals surface area contributed by atoms with Crippen molar-refractivity contribution >= 4 is 18.7 Å². The fourth-order valence-electron chi connectivity index (χ4n) is 1.90. The normalized spacial score (nSPS) is 19.9. The van der Waals surface area contributed by atoms with Crippen molar-refractivity contribution < 1.29 is 18.8 Å². The largest absolute Gasteiger partial charge is 0.494 e. The van der Waals surface area contributed by atoms with Gasteiger partial charge in [0.05, 0.1) is 11.2 Å². The molecular formula is C14H20BNO4. The Bertz CT molecular complexity index is 482. The molecule has 1 aromatic carbocycles. The van der Waals surface area contributed by atoms with Crippen molar-refractivity contribution in [2.75, 3.05) is 0 Å². The Hall–Kier alpha value is -1.53. The summed E-state index contributed by atoms with van der Waals surface area (Å²) in [5, 5.41) is 0. The van der Waals surface area contributed by atoms with Crippen LogP contribution >= 0.6 is 0 Å². The van der Waals surface area contributed by atoms with Crippen molar-refractivity contribution in [1.29, 1.82) is 0 Å². The second-order valence-corrected chi connectivity index (χ2v) is 5.94. The Morgan fingerprint density at radius 1 is 1.15 bits per heavy atom.